The van der Waals surface area contributed by atoms with Crippen molar-refractivity contribution in [2.24, 2.45) is 0 Å². The molecule has 7 nitrogen and oxygen atoms in total. The molecule has 2 rings (SSSR count). The number of hydrogen-bond donors (Lipinski definition) is 2. The van der Waals surface area contributed by atoms with E-state index in [-0.39, 0.29) is 11.8 Å². The van der Waals surface area contributed by atoms with Crippen LogP contribution in [0.25, 0.3) is 0 Å². The molecule has 2 heterocycles. The number of aliphatic hydroxyl groups excluding tert-OH is 1. The number of carbonyl (C=O) groups excluding carboxylic acids is 2. The number of aliphatic hydroxyl groups is 1. The van der Waals surface area contributed by atoms with Gasteiger partial charge in [0.2, 0.25) is 0 Å². The van der Waals surface area contributed by atoms with Gasteiger partial charge in [0.25, 0.3) is 5.91 Å². The fourth-order valence-corrected chi connectivity index (χ4v) is 3.95. The third kappa shape index (κ3) is 2.94. The highest BCUT2D eigenvalue weighted by Gasteiger charge is 2.57. The number of thioether (sulfide) groups is 1. The molecule has 2 N–H and O–H groups in total. The van der Waals surface area contributed by atoms with Gasteiger partial charge in [-0.2, -0.15) is 5.26 Å². The molecule has 2 saturated heterocycles. The summed E-state index contributed by atoms with van der Waals surface area (Å²) in [6, 6.07) is 1.57. The van der Waals surface area contributed by atoms with Gasteiger partial charge in [-0.15, -0.1) is 11.8 Å². The van der Waals surface area contributed by atoms with Crippen LogP contribution in [-0.4, -0.2) is 56.9 Å². The molecule has 0 saturated carbocycles. The molecule has 2 aliphatic rings. The zero-order valence-electron chi connectivity index (χ0n) is 12.3. The third-order valence-corrected chi connectivity index (χ3v) is 4.71. The second-order valence-corrected chi connectivity index (χ2v) is 7.43. The van der Waals surface area contributed by atoms with E-state index in [0.29, 0.717) is 5.75 Å². The van der Waals surface area contributed by atoms with E-state index in [0.717, 1.165) is 0 Å². The number of fused-ring (bicyclic) bond motifs is 1. The largest absolute Gasteiger partial charge is 0.444 e. The Bertz CT molecular complexity index is 499. The number of rotatable bonds is 2. The van der Waals surface area contributed by atoms with Crippen molar-refractivity contribution in [1.82, 2.24) is 10.2 Å². The first-order valence-corrected chi connectivity index (χ1v) is 7.73. The number of alkyl carbamates (subject to hydrolysis) is 1. The number of hydrogen-bond acceptors (Lipinski definition) is 6. The van der Waals surface area contributed by atoms with Gasteiger partial charge in [-0.3, -0.25) is 4.79 Å². The topological polar surface area (TPSA) is 103 Å². The Morgan fingerprint density at radius 3 is 2.86 bits per heavy atom. The molecular formula is C13H19N3O4S. The Morgan fingerprint density at radius 2 is 2.33 bits per heavy atom. The van der Waals surface area contributed by atoms with Gasteiger partial charge >= 0.3 is 6.09 Å². The minimum Gasteiger partial charge on any atom is -0.444 e. The summed E-state index contributed by atoms with van der Waals surface area (Å²) in [5, 5.41) is 21.0. The third-order valence-electron chi connectivity index (χ3n) is 3.42. The van der Waals surface area contributed by atoms with E-state index in [1.54, 1.807) is 20.8 Å². The van der Waals surface area contributed by atoms with Gasteiger partial charge in [0.05, 0.1) is 18.0 Å². The normalized spacial score (nSPS) is 31.8. The van der Waals surface area contributed by atoms with Crippen LogP contribution in [0, 0.1) is 11.3 Å². The second-order valence-electron chi connectivity index (χ2n) is 6.22. The van der Waals surface area contributed by atoms with Gasteiger partial charge < -0.3 is 20.1 Å². The summed E-state index contributed by atoms with van der Waals surface area (Å²) in [7, 11) is 0. The summed E-state index contributed by atoms with van der Waals surface area (Å²) in [5.41, 5.74) is -2.09. The first-order valence-electron chi connectivity index (χ1n) is 6.68. The van der Waals surface area contributed by atoms with Crippen molar-refractivity contribution in [3.63, 3.8) is 0 Å². The molecule has 116 valence electrons. The Morgan fingerprint density at radius 1 is 1.67 bits per heavy atom. The maximum Gasteiger partial charge on any atom is 0.408 e. The first-order chi connectivity index (χ1) is 9.72. The van der Waals surface area contributed by atoms with Crippen molar-refractivity contribution in [2.45, 2.75) is 49.7 Å². The van der Waals surface area contributed by atoms with Crippen molar-refractivity contribution in [3.05, 3.63) is 0 Å². The zero-order chi connectivity index (χ0) is 15.8. The molecule has 2 amide bonds. The Labute approximate surface area is 127 Å². The predicted molar refractivity (Wildman–Crippen MR) is 76.3 cm³/mol. The summed E-state index contributed by atoms with van der Waals surface area (Å²) in [6.07, 6.45) is -0.477. The van der Waals surface area contributed by atoms with E-state index in [1.807, 2.05) is 0 Å². The van der Waals surface area contributed by atoms with Crippen LogP contribution in [0.3, 0.4) is 0 Å². The summed E-state index contributed by atoms with van der Waals surface area (Å²) in [6.45, 7) is 4.63. The minimum atomic E-state index is -1.39. The molecule has 2 aliphatic heterocycles. The lowest BCUT2D eigenvalue weighted by Gasteiger charge is -2.29. The standard InChI is InChI=1S/C13H19N3O4S/c1-12(2,3)20-11(19)15-13(7-17)4-9-16(10(13)18)8(5-14)6-21-9/h8-9,17H,4,6-7H2,1-3H3,(H,15,19)/t8-,9+,13+/m1/s1. The van der Waals surface area contributed by atoms with Crippen molar-refractivity contribution in [3.8, 4) is 6.07 Å². The maximum atomic E-state index is 12.5. The van der Waals surface area contributed by atoms with Crippen molar-refractivity contribution < 1.29 is 19.4 Å². The Balaban J connectivity index is 2.15. The number of amides is 2. The highest BCUT2D eigenvalue weighted by Crippen LogP contribution is 2.41. The summed E-state index contributed by atoms with van der Waals surface area (Å²) < 4.78 is 5.15. The average molecular weight is 313 g/mol. The molecule has 0 aliphatic carbocycles. The van der Waals surface area contributed by atoms with Gasteiger partial charge in [-0.05, 0) is 20.8 Å². The molecule has 0 bridgehead atoms. The Hall–Kier alpha value is -1.46. The lowest BCUT2D eigenvalue weighted by Crippen LogP contribution is -2.58. The van der Waals surface area contributed by atoms with E-state index in [1.165, 1.54) is 16.7 Å². The predicted octanol–water partition coefficient (Wildman–Crippen LogP) is 0.440. The molecule has 0 aromatic rings. The van der Waals surface area contributed by atoms with Crippen LogP contribution in [0.5, 0.6) is 0 Å². The smallest absolute Gasteiger partial charge is 0.408 e. The van der Waals surface area contributed by atoms with Gasteiger partial charge in [-0.25, -0.2) is 4.79 Å². The van der Waals surface area contributed by atoms with Gasteiger partial charge in [-0.1, -0.05) is 0 Å². The van der Waals surface area contributed by atoms with Crippen LogP contribution in [0.4, 0.5) is 4.79 Å². The van der Waals surface area contributed by atoms with Crippen LogP contribution < -0.4 is 5.32 Å². The van der Waals surface area contributed by atoms with Gasteiger partial charge in [0.1, 0.15) is 17.2 Å². The van der Waals surface area contributed by atoms with Gasteiger partial charge in [0.15, 0.2) is 0 Å². The molecule has 2 fully saturated rings. The van der Waals surface area contributed by atoms with Crippen LogP contribution in [-0.2, 0) is 9.53 Å². The van der Waals surface area contributed by atoms with Crippen molar-refractivity contribution in [1.29, 1.82) is 5.26 Å². The average Bonchev–Trinajstić information content (AvgIpc) is 2.87. The molecule has 3 atom stereocenters. The summed E-state index contributed by atoms with van der Waals surface area (Å²) in [5.74, 6) is 0.137. The molecule has 0 aromatic heterocycles. The fourth-order valence-electron chi connectivity index (χ4n) is 2.50. The molecule has 0 unspecified atom stereocenters. The molecule has 0 aromatic carbocycles. The molecule has 0 spiro atoms. The molecule has 0 radical (unpaired) electrons. The quantitative estimate of drug-likeness (QED) is 0.767. The maximum absolute atomic E-state index is 12.5. The number of carbonyl (C=O) groups is 2. The van der Waals surface area contributed by atoms with Gasteiger partial charge in [0, 0.05) is 12.2 Å². The molecular weight excluding hydrogens is 294 g/mol. The van der Waals surface area contributed by atoms with Crippen LogP contribution in [0.2, 0.25) is 0 Å². The van der Waals surface area contributed by atoms with E-state index in [9.17, 15) is 14.7 Å². The lowest BCUT2D eigenvalue weighted by molar-refractivity contribution is -0.135. The molecule has 21 heavy (non-hydrogen) atoms. The fraction of sp³-hybridized carbons (Fsp3) is 0.769. The van der Waals surface area contributed by atoms with Crippen molar-refractivity contribution >= 4 is 23.8 Å². The lowest BCUT2D eigenvalue weighted by atomic mass is 9.99. The second kappa shape index (κ2) is 5.39. The number of nitrogens with one attached hydrogen (secondary N) is 1. The number of nitriles is 1. The van der Waals surface area contributed by atoms with E-state index in [2.05, 4.69) is 11.4 Å². The van der Waals surface area contributed by atoms with Crippen LogP contribution >= 0.6 is 11.8 Å². The molecule has 8 heteroatoms. The first kappa shape index (κ1) is 15.9. The SMILES string of the molecule is CC(C)(C)OC(=O)N[C@]1(CO)C[C@@H]2SC[C@@H](C#N)N2C1=O. The highest BCUT2D eigenvalue weighted by molar-refractivity contribution is 8.00. The van der Waals surface area contributed by atoms with E-state index < -0.39 is 35.8 Å². The summed E-state index contributed by atoms with van der Waals surface area (Å²) in [4.78, 5) is 25.9. The van der Waals surface area contributed by atoms with Crippen LogP contribution in [0.1, 0.15) is 27.2 Å². The Kier molecular flexibility index (Phi) is 4.08. The minimum absolute atomic E-state index is 0.191. The van der Waals surface area contributed by atoms with E-state index in [4.69, 9.17) is 10.00 Å². The highest BCUT2D eigenvalue weighted by atomic mass is 32.2. The van der Waals surface area contributed by atoms with Crippen molar-refractivity contribution in [2.75, 3.05) is 12.4 Å². The number of ether oxygens (including phenoxy) is 1. The monoisotopic (exact) mass is 313 g/mol. The zero-order valence-corrected chi connectivity index (χ0v) is 13.1. The van der Waals surface area contributed by atoms with E-state index >= 15 is 0 Å². The van der Waals surface area contributed by atoms with Crippen LogP contribution in [0.15, 0.2) is 0 Å². The number of nitrogens with zero attached hydrogens (tertiary/aromatic N) is 2. The summed E-state index contributed by atoms with van der Waals surface area (Å²) >= 11 is 1.49.